The number of β-amino-alcohol motifs (C(OH)–C–C–N with tert-alkyl or cyclic N) is 2. The Morgan fingerprint density at radius 1 is 1.39 bits per heavy atom. The van der Waals surface area contributed by atoms with Crippen LogP contribution in [0.3, 0.4) is 0 Å². The van der Waals surface area contributed by atoms with E-state index in [1.807, 2.05) is 13.8 Å². The zero-order valence-corrected chi connectivity index (χ0v) is 10.6. The molecule has 2 heterocycles. The number of likely N-dealkylation sites (tertiary alicyclic amines) is 1. The third kappa shape index (κ3) is 2.21. The van der Waals surface area contributed by atoms with Gasteiger partial charge in [0.15, 0.2) is 0 Å². The number of aliphatic hydroxyl groups excluding tert-OH is 2. The number of amides is 1. The van der Waals surface area contributed by atoms with Crippen molar-refractivity contribution in [3.63, 3.8) is 0 Å². The highest BCUT2D eigenvalue weighted by atomic mass is 16.3. The summed E-state index contributed by atoms with van der Waals surface area (Å²) in [7, 11) is 0. The van der Waals surface area contributed by atoms with Gasteiger partial charge in [-0.1, -0.05) is 0 Å². The second-order valence-corrected chi connectivity index (χ2v) is 5.00. The van der Waals surface area contributed by atoms with Crippen LogP contribution in [-0.2, 0) is 0 Å². The molecule has 1 saturated heterocycles. The summed E-state index contributed by atoms with van der Waals surface area (Å²) >= 11 is 0. The van der Waals surface area contributed by atoms with E-state index in [1.54, 1.807) is 16.8 Å². The van der Waals surface area contributed by atoms with E-state index in [1.165, 1.54) is 4.90 Å². The Hall–Kier alpha value is -1.53. The predicted octanol–water partition coefficient (Wildman–Crippen LogP) is -0.171. The van der Waals surface area contributed by atoms with Crippen LogP contribution in [-0.4, -0.2) is 50.9 Å². The average Bonchev–Trinajstić information content (AvgIpc) is 2.82. The fourth-order valence-corrected chi connectivity index (χ4v) is 2.20. The van der Waals surface area contributed by atoms with Crippen molar-refractivity contribution in [3.05, 3.63) is 18.0 Å². The van der Waals surface area contributed by atoms with Crippen molar-refractivity contribution in [3.8, 4) is 0 Å². The van der Waals surface area contributed by atoms with Crippen LogP contribution >= 0.6 is 0 Å². The molecule has 0 aliphatic carbocycles. The molecule has 4 N–H and O–H groups in total. The maximum atomic E-state index is 12.3. The lowest BCUT2D eigenvalue weighted by atomic mass is 10.3. The van der Waals surface area contributed by atoms with Crippen LogP contribution in [0.2, 0.25) is 0 Å². The normalized spacial score (nSPS) is 23.9. The van der Waals surface area contributed by atoms with E-state index in [0.717, 1.165) is 0 Å². The number of nitrogen functional groups attached to an aromatic ring is 1. The first-order valence-electron chi connectivity index (χ1n) is 6.03. The zero-order chi connectivity index (χ0) is 13.4. The van der Waals surface area contributed by atoms with Gasteiger partial charge in [0.1, 0.15) is 5.69 Å². The fraction of sp³-hybridized carbons (Fsp3) is 0.583. The van der Waals surface area contributed by atoms with Gasteiger partial charge >= 0.3 is 0 Å². The van der Waals surface area contributed by atoms with Crippen molar-refractivity contribution in [2.45, 2.75) is 32.1 Å². The smallest absolute Gasteiger partial charge is 0.270 e. The summed E-state index contributed by atoms with van der Waals surface area (Å²) in [5.74, 6) is -0.212. The second kappa shape index (κ2) is 4.62. The Balaban J connectivity index is 2.24. The number of carbonyl (C=O) groups is 1. The quantitative estimate of drug-likeness (QED) is 0.682. The van der Waals surface area contributed by atoms with Crippen molar-refractivity contribution >= 4 is 11.6 Å². The molecule has 2 atom stereocenters. The van der Waals surface area contributed by atoms with E-state index < -0.39 is 12.2 Å². The first-order valence-corrected chi connectivity index (χ1v) is 6.03. The lowest BCUT2D eigenvalue weighted by molar-refractivity contribution is 0.0572. The summed E-state index contributed by atoms with van der Waals surface area (Å²) in [6.45, 7) is 4.24. The number of aromatic nitrogens is 1. The molecular formula is C12H19N3O3. The van der Waals surface area contributed by atoms with Crippen molar-refractivity contribution in [1.29, 1.82) is 0 Å². The van der Waals surface area contributed by atoms with Crippen LogP contribution < -0.4 is 5.73 Å². The second-order valence-electron chi connectivity index (χ2n) is 5.00. The van der Waals surface area contributed by atoms with Gasteiger partial charge in [0.05, 0.1) is 17.9 Å². The molecule has 1 aromatic rings. The molecule has 0 spiro atoms. The summed E-state index contributed by atoms with van der Waals surface area (Å²) in [6, 6.07) is 1.75. The van der Waals surface area contributed by atoms with Gasteiger partial charge in [-0.2, -0.15) is 0 Å². The highest BCUT2D eigenvalue weighted by molar-refractivity contribution is 5.94. The summed E-state index contributed by atoms with van der Waals surface area (Å²) < 4.78 is 1.80. The number of nitrogens with zero attached hydrogens (tertiary/aromatic N) is 2. The van der Waals surface area contributed by atoms with Crippen LogP contribution in [0.5, 0.6) is 0 Å². The number of rotatable bonds is 2. The highest BCUT2D eigenvalue weighted by Crippen LogP contribution is 2.20. The molecule has 0 bridgehead atoms. The molecule has 1 aromatic heterocycles. The minimum absolute atomic E-state index is 0.124. The topological polar surface area (TPSA) is 91.7 Å². The fourth-order valence-electron chi connectivity index (χ4n) is 2.20. The molecule has 6 nitrogen and oxygen atoms in total. The van der Waals surface area contributed by atoms with Gasteiger partial charge in [-0.15, -0.1) is 0 Å². The molecule has 1 aliphatic heterocycles. The average molecular weight is 253 g/mol. The summed E-state index contributed by atoms with van der Waals surface area (Å²) in [5, 5.41) is 18.9. The first-order chi connectivity index (χ1) is 8.40. The van der Waals surface area contributed by atoms with Gasteiger partial charge < -0.3 is 25.4 Å². The molecule has 0 unspecified atom stereocenters. The SMILES string of the molecule is CC(C)n1cc(N)cc1C(=O)N1C[C@@H](O)[C@@H](O)C1. The van der Waals surface area contributed by atoms with Gasteiger partial charge in [-0.25, -0.2) is 0 Å². The number of hydrogen-bond donors (Lipinski definition) is 3. The summed E-state index contributed by atoms with van der Waals surface area (Å²) in [6.07, 6.45) is -0.0107. The molecule has 0 aromatic carbocycles. The predicted molar refractivity (Wildman–Crippen MR) is 67.1 cm³/mol. The Kier molecular flexibility index (Phi) is 3.32. The van der Waals surface area contributed by atoms with Crippen LogP contribution in [0.4, 0.5) is 5.69 Å². The van der Waals surface area contributed by atoms with E-state index in [4.69, 9.17) is 5.73 Å². The molecule has 18 heavy (non-hydrogen) atoms. The van der Waals surface area contributed by atoms with Crippen molar-refractivity contribution < 1.29 is 15.0 Å². The molecule has 2 rings (SSSR count). The van der Waals surface area contributed by atoms with E-state index in [-0.39, 0.29) is 25.0 Å². The van der Waals surface area contributed by atoms with Gasteiger partial charge in [0, 0.05) is 25.3 Å². The van der Waals surface area contributed by atoms with Crippen molar-refractivity contribution in [2.24, 2.45) is 0 Å². The lowest BCUT2D eigenvalue weighted by Crippen LogP contribution is -2.31. The number of hydrogen-bond acceptors (Lipinski definition) is 4. The number of aliphatic hydroxyl groups is 2. The molecule has 1 fully saturated rings. The first kappa shape index (κ1) is 12.9. The third-order valence-corrected chi connectivity index (χ3v) is 3.19. The Morgan fingerprint density at radius 3 is 2.44 bits per heavy atom. The minimum Gasteiger partial charge on any atom is -0.397 e. The Labute approximate surface area is 106 Å². The minimum atomic E-state index is -0.867. The van der Waals surface area contributed by atoms with Crippen LogP contribution in [0.25, 0.3) is 0 Å². The Morgan fingerprint density at radius 2 is 1.94 bits per heavy atom. The molecule has 1 amide bonds. The molecule has 0 saturated carbocycles. The maximum Gasteiger partial charge on any atom is 0.270 e. The number of carbonyl (C=O) groups excluding carboxylic acids is 1. The largest absolute Gasteiger partial charge is 0.397 e. The van der Waals surface area contributed by atoms with Crippen molar-refractivity contribution in [1.82, 2.24) is 9.47 Å². The lowest BCUT2D eigenvalue weighted by Gasteiger charge is -2.18. The van der Waals surface area contributed by atoms with E-state index in [0.29, 0.717) is 11.4 Å². The van der Waals surface area contributed by atoms with E-state index in [9.17, 15) is 15.0 Å². The van der Waals surface area contributed by atoms with Crippen LogP contribution in [0, 0.1) is 0 Å². The number of anilines is 1. The molecular weight excluding hydrogens is 234 g/mol. The highest BCUT2D eigenvalue weighted by Gasteiger charge is 2.34. The van der Waals surface area contributed by atoms with Gasteiger partial charge in [0.2, 0.25) is 0 Å². The monoisotopic (exact) mass is 253 g/mol. The van der Waals surface area contributed by atoms with Crippen LogP contribution in [0.1, 0.15) is 30.4 Å². The van der Waals surface area contributed by atoms with E-state index in [2.05, 4.69) is 0 Å². The molecule has 100 valence electrons. The van der Waals surface area contributed by atoms with Gasteiger partial charge in [0.25, 0.3) is 5.91 Å². The third-order valence-electron chi connectivity index (χ3n) is 3.19. The van der Waals surface area contributed by atoms with Gasteiger partial charge in [-0.05, 0) is 19.9 Å². The number of nitrogens with two attached hydrogens (primary N) is 1. The van der Waals surface area contributed by atoms with Crippen molar-refractivity contribution in [2.75, 3.05) is 18.8 Å². The molecule has 1 aliphatic rings. The van der Waals surface area contributed by atoms with E-state index >= 15 is 0 Å². The zero-order valence-electron chi connectivity index (χ0n) is 10.6. The maximum absolute atomic E-state index is 12.3. The molecule has 0 radical (unpaired) electrons. The van der Waals surface area contributed by atoms with Crippen LogP contribution in [0.15, 0.2) is 12.3 Å². The summed E-state index contributed by atoms with van der Waals surface area (Å²) in [5.41, 5.74) is 6.74. The standard InChI is InChI=1S/C12H19N3O3/c1-7(2)15-4-8(13)3-9(15)12(18)14-5-10(16)11(17)6-14/h3-4,7,10-11,16-17H,5-6,13H2,1-2H3/t10-,11+. The summed E-state index contributed by atoms with van der Waals surface area (Å²) in [4.78, 5) is 13.8. The van der Waals surface area contributed by atoms with Gasteiger partial charge in [-0.3, -0.25) is 4.79 Å². The molecule has 6 heteroatoms. The Bertz CT molecular complexity index is 445.